The third-order valence-electron chi connectivity index (χ3n) is 4.23. The number of amides is 1. The number of nitrogens with one attached hydrogen (secondary N) is 1. The largest absolute Gasteiger partial charge is 0.497 e. The van der Waals surface area contributed by atoms with Gasteiger partial charge in [-0.2, -0.15) is 0 Å². The highest BCUT2D eigenvalue weighted by Crippen LogP contribution is 2.31. The lowest BCUT2D eigenvalue weighted by Crippen LogP contribution is -2.35. The Labute approximate surface area is 151 Å². The molecular weight excluding hydrogens is 338 g/mol. The third kappa shape index (κ3) is 4.20. The van der Waals surface area contributed by atoms with Crippen LogP contribution < -0.4 is 10.1 Å². The average molecular weight is 359 g/mol. The summed E-state index contributed by atoms with van der Waals surface area (Å²) < 4.78 is 10.4. The quantitative estimate of drug-likeness (QED) is 0.805. The maximum Gasteiger partial charge on any atom is 0.349 e. The van der Waals surface area contributed by atoms with Crippen LogP contribution in [0.25, 0.3) is 0 Å². The lowest BCUT2D eigenvalue weighted by molar-refractivity contribution is -0.129. The van der Waals surface area contributed by atoms with E-state index < -0.39 is 12.1 Å². The van der Waals surface area contributed by atoms with Crippen molar-refractivity contribution in [2.45, 2.75) is 38.8 Å². The van der Waals surface area contributed by atoms with E-state index in [2.05, 4.69) is 5.32 Å². The van der Waals surface area contributed by atoms with Gasteiger partial charge < -0.3 is 14.8 Å². The Balaban J connectivity index is 1.50. The monoisotopic (exact) mass is 359 g/mol. The van der Waals surface area contributed by atoms with Crippen molar-refractivity contribution in [1.82, 2.24) is 5.32 Å². The van der Waals surface area contributed by atoms with Gasteiger partial charge in [-0.3, -0.25) is 4.79 Å². The number of methoxy groups -OCH3 is 1. The number of ether oxygens (including phenoxy) is 2. The molecule has 0 radical (unpaired) electrons. The molecule has 132 valence electrons. The zero-order valence-corrected chi connectivity index (χ0v) is 15.2. The number of esters is 1. The van der Waals surface area contributed by atoms with Gasteiger partial charge in [0.2, 0.25) is 0 Å². The fraction of sp³-hybridized carbons (Fsp3) is 0.368. The second kappa shape index (κ2) is 7.70. The molecule has 5 nitrogen and oxygen atoms in total. The van der Waals surface area contributed by atoms with Gasteiger partial charge >= 0.3 is 5.97 Å². The molecule has 0 unspecified atom stereocenters. The lowest BCUT2D eigenvalue weighted by atomic mass is 10.2. The Morgan fingerprint density at radius 1 is 1.24 bits per heavy atom. The Morgan fingerprint density at radius 2 is 2.00 bits per heavy atom. The van der Waals surface area contributed by atoms with Crippen molar-refractivity contribution in [3.8, 4) is 5.75 Å². The standard InChI is InChI=1S/C19H21NO4S/c1-12(18(21)20-11-13-6-8-15(23-2)9-7-13)24-19(22)17-10-14-4-3-5-16(14)25-17/h6-10,12H,3-5,11H2,1-2H3,(H,20,21)/t12-/m1/s1. The molecule has 0 fully saturated rings. The molecule has 1 aromatic carbocycles. The molecule has 1 amide bonds. The van der Waals surface area contributed by atoms with Crippen LogP contribution in [0, 0.1) is 0 Å². The van der Waals surface area contributed by atoms with Gasteiger partial charge in [0.25, 0.3) is 5.91 Å². The molecule has 0 spiro atoms. The van der Waals surface area contributed by atoms with Crippen LogP contribution in [0.15, 0.2) is 30.3 Å². The topological polar surface area (TPSA) is 64.6 Å². The van der Waals surface area contributed by atoms with E-state index in [9.17, 15) is 9.59 Å². The molecule has 1 atom stereocenters. The molecule has 2 aromatic rings. The second-order valence-corrected chi connectivity index (χ2v) is 7.16. The molecule has 1 heterocycles. The summed E-state index contributed by atoms with van der Waals surface area (Å²) in [7, 11) is 1.61. The summed E-state index contributed by atoms with van der Waals surface area (Å²) in [6.07, 6.45) is 2.38. The summed E-state index contributed by atoms with van der Waals surface area (Å²) >= 11 is 1.48. The molecular formula is C19H21NO4S. The fourth-order valence-corrected chi connectivity index (χ4v) is 3.91. The number of carbonyl (C=O) groups excluding carboxylic acids is 2. The van der Waals surface area contributed by atoms with Crippen molar-refractivity contribution < 1.29 is 19.1 Å². The van der Waals surface area contributed by atoms with Crippen LogP contribution in [0.5, 0.6) is 5.75 Å². The number of fused-ring (bicyclic) bond motifs is 1. The first-order valence-corrected chi connectivity index (χ1v) is 9.11. The van der Waals surface area contributed by atoms with Crippen molar-refractivity contribution in [1.29, 1.82) is 0 Å². The Bertz CT molecular complexity index is 745. The summed E-state index contributed by atoms with van der Waals surface area (Å²) in [5.41, 5.74) is 2.19. The predicted octanol–water partition coefficient (Wildman–Crippen LogP) is 3.11. The fourth-order valence-electron chi connectivity index (χ4n) is 2.78. The average Bonchev–Trinajstić information content (AvgIpc) is 3.22. The van der Waals surface area contributed by atoms with Crippen LogP contribution in [-0.4, -0.2) is 25.1 Å². The van der Waals surface area contributed by atoms with E-state index in [4.69, 9.17) is 9.47 Å². The molecule has 0 bridgehead atoms. The van der Waals surface area contributed by atoms with Crippen molar-refractivity contribution >= 4 is 23.2 Å². The number of thiophene rings is 1. The molecule has 0 saturated heterocycles. The Kier molecular flexibility index (Phi) is 5.38. The minimum Gasteiger partial charge on any atom is -0.497 e. The van der Waals surface area contributed by atoms with E-state index in [0.717, 1.165) is 30.6 Å². The maximum atomic E-state index is 12.2. The second-order valence-electron chi connectivity index (χ2n) is 6.03. The van der Waals surface area contributed by atoms with Gasteiger partial charge in [-0.25, -0.2) is 4.79 Å². The van der Waals surface area contributed by atoms with E-state index in [-0.39, 0.29) is 5.91 Å². The molecule has 6 heteroatoms. The first-order chi connectivity index (χ1) is 12.1. The summed E-state index contributed by atoms with van der Waals surface area (Å²) in [5, 5.41) is 2.78. The molecule has 1 aliphatic rings. The summed E-state index contributed by atoms with van der Waals surface area (Å²) in [6.45, 7) is 1.96. The highest BCUT2D eigenvalue weighted by molar-refractivity contribution is 7.14. The van der Waals surface area contributed by atoms with Gasteiger partial charge in [-0.05, 0) is 55.5 Å². The van der Waals surface area contributed by atoms with E-state index >= 15 is 0 Å². The van der Waals surface area contributed by atoms with Crippen molar-refractivity contribution in [3.63, 3.8) is 0 Å². The number of aryl methyl sites for hydroxylation is 2. The van der Waals surface area contributed by atoms with Crippen LogP contribution >= 0.6 is 11.3 Å². The van der Waals surface area contributed by atoms with Crippen LogP contribution in [0.3, 0.4) is 0 Å². The van der Waals surface area contributed by atoms with Crippen LogP contribution in [0.1, 0.15) is 39.0 Å². The number of rotatable bonds is 6. The molecule has 3 rings (SSSR count). The number of hydrogen-bond acceptors (Lipinski definition) is 5. The van der Waals surface area contributed by atoms with Crippen molar-refractivity contribution in [3.05, 3.63) is 51.2 Å². The first-order valence-electron chi connectivity index (χ1n) is 8.30. The van der Waals surface area contributed by atoms with Crippen LogP contribution in [0.2, 0.25) is 0 Å². The van der Waals surface area contributed by atoms with Gasteiger partial charge in [0, 0.05) is 11.4 Å². The number of carbonyl (C=O) groups is 2. The van der Waals surface area contributed by atoms with Crippen molar-refractivity contribution in [2.24, 2.45) is 0 Å². The normalized spacial score (nSPS) is 13.8. The van der Waals surface area contributed by atoms with Gasteiger partial charge in [0.1, 0.15) is 10.6 Å². The molecule has 0 saturated carbocycles. The highest BCUT2D eigenvalue weighted by atomic mass is 32.1. The zero-order valence-electron chi connectivity index (χ0n) is 14.3. The molecule has 25 heavy (non-hydrogen) atoms. The molecule has 1 aromatic heterocycles. The maximum absolute atomic E-state index is 12.2. The van der Waals surface area contributed by atoms with E-state index in [0.29, 0.717) is 11.4 Å². The van der Waals surface area contributed by atoms with E-state index in [1.54, 1.807) is 14.0 Å². The van der Waals surface area contributed by atoms with E-state index in [1.165, 1.54) is 21.8 Å². The SMILES string of the molecule is COc1ccc(CNC(=O)[C@@H](C)OC(=O)c2cc3c(s2)CCC3)cc1. The summed E-state index contributed by atoms with van der Waals surface area (Å²) in [4.78, 5) is 26.2. The minimum absolute atomic E-state index is 0.312. The molecule has 0 aliphatic heterocycles. The van der Waals surface area contributed by atoms with Crippen LogP contribution in [0.4, 0.5) is 0 Å². The predicted molar refractivity (Wildman–Crippen MR) is 96.1 cm³/mol. The smallest absolute Gasteiger partial charge is 0.349 e. The Hall–Kier alpha value is -2.34. The summed E-state index contributed by atoms with van der Waals surface area (Å²) in [6, 6.07) is 9.32. The van der Waals surface area contributed by atoms with Gasteiger partial charge in [-0.1, -0.05) is 12.1 Å². The lowest BCUT2D eigenvalue weighted by Gasteiger charge is -2.13. The number of benzene rings is 1. The molecule has 1 aliphatic carbocycles. The zero-order chi connectivity index (χ0) is 17.8. The Morgan fingerprint density at radius 3 is 2.68 bits per heavy atom. The third-order valence-corrected chi connectivity index (χ3v) is 5.44. The van der Waals surface area contributed by atoms with Gasteiger partial charge in [0.05, 0.1) is 7.11 Å². The molecule has 1 N–H and O–H groups in total. The minimum atomic E-state index is -0.831. The first kappa shape index (κ1) is 17.5. The van der Waals surface area contributed by atoms with Gasteiger partial charge in [0.15, 0.2) is 6.10 Å². The van der Waals surface area contributed by atoms with Gasteiger partial charge in [-0.15, -0.1) is 11.3 Å². The summed E-state index contributed by atoms with van der Waals surface area (Å²) in [5.74, 6) is 0.0278. The highest BCUT2D eigenvalue weighted by Gasteiger charge is 2.23. The van der Waals surface area contributed by atoms with Crippen molar-refractivity contribution in [2.75, 3.05) is 7.11 Å². The van der Waals surface area contributed by atoms with Crippen LogP contribution in [-0.2, 0) is 28.9 Å². The van der Waals surface area contributed by atoms with E-state index in [1.807, 2.05) is 30.3 Å². The number of hydrogen-bond donors (Lipinski definition) is 1.